The Morgan fingerprint density at radius 3 is 2.40 bits per heavy atom. The standard InChI is InChI=1S/C21H21ClN2O5S/c1-29-18-8-7-15(22)13-17(18)20(26)23-11-9-21(10-12-23)24(16-5-3-2-4-6-16)19(25)14-30(21,27)28/h2-8,13H,9-12,14H2,1H3. The summed E-state index contributed by atoms with van der Waals surface area (Å²) in [4.78, 5) is 27.4. The Hall–Kier alpha value is -2.58. The molecular weight excluding hydrogens is 428 g/mol. The molecule has 9 heteroatoms. The average molecular weight is 449 g/mol. The Labute approximate surface area is 180 Å². The monoisotopic (exact) mass is 448 g/mol. The van der Waals surface area contributed by atoms with Crippen molar-refractivity contribution >= 4 is 38.9 Å². The first kappa shape index (κ1) is 20.7. The fourth-order valence-corrected chi connectivity index (χ4v) is 6.48. The summed E-state index contributed by atoms with van der Waals surface area (Å²) < 4.78 is 31.3. The van der Waals surface area contributed by atoms with Crippen LogP contribution in [0.5, 0.6) is 5.75 Å². The Kier molecular flexibility index (Phi) is 5.23. The number of amides is 2. The number of hydrogen-bond donors (Lipinski definition) is 0. The zero-order valence-electron chi connectivity index (χ0n) is 16.4. The molecule has 4 rings (SSSR count). The van der Waals surface area contributed by atoms with Crippen molar-refractivity contribution in [3.63, 3.8) is 0 Å². The van der Waals surface area contributed by atoms with Gasteiger partial charge in [-0.25, -0.2) is 8.42 Å². The van der Waals surface area contributed by atoms with Crippen LogP contribution in [0.2, 0.25) is 5.02 Å². The van der Waals surface area contributed by atoms with Gasteiger partial charge in [-0.2, -0.15) is 0 Å². The first-order valence-electron chi connectivity index (χ1n) is 9.52. The van der Waals surface area contributed by atoms with Gasteiger partial charge in [0.25, 0.3) is 5.91 Å². The highest BCUT2D eigenvalue weighted by Crippen LogP contribution is 2.43. The predicted octanol–water partition coefficient (Wildman–Crippen LogP) is 2.74. The van der Waals surface area contributed by atoms with Crippen LogP contribution >= 0.6 is 11.6 Å². The van der Waals surface area contributed by atoms with Gasteiger partial charge in [-0.1, -0.05) is 29.8 Å². The molecule has 30 heavy (non-hydrogen) atoms. The van der Waals surface area contributed by atoms with Crippen LogP contribution in [-0.4, -0.2) is 56.0 Å². The Bertz CT molecular complexity index is 1100. The molecule has 2 fully saturated rings. The molecule has 0 radical (unpaired) electrons. The smallest absolute Gasteiger partial charge is 0.257 e. The van der Waals surface area contributed by atoms with E-state index >= 15 is 0 Å². The number of sulfone groups is 1. The third kappa shape index (κ3) is 3.24. The van der Waals surface area contributed by atoms with Gasteiger partial charge in [-0.3, -0.25) is 14.5 Å². The number of ether oxygens (including phenoxy) is 1. The number of rotatable bonds is 3. The van der Waals surface area contributed by atoms with Crippen LogP contribution in [0.25, 0.3) is 0 Å². The first-order chi connectivity index (χ1) is 14.3. The molecule has 0 bridgehead atoms. The summed E-state index contributed by atoms with van der Waals surface area (Å²) in [5.74, 6) is -0.827. The van der Waals surface area contributed by atoms with Crippen LogP contribution in [0, 0.1) is 0 Å². The molecule has 2 aliphatic rings. The number of carbonyl (C=O) groups excluding carboxylic acids is 2. The molecule has 1 spiro atoms. The van der Waals surface area contributed by atoms with Gasteiger partial charge in [0.05, 0.1) is 12.7 Å². The van der Waals surface area contributed by atoms with Gasteiger partial charge in [-0.05, 0) is 30.3 Å². The third-order valence-electron chi connectivity index (χ3n) is 5.79. The molecule has 2 aromatic carbocycles. The van der Waals surface area contributed by atoms with E-state index in [1.54, 1.807) is 47.4 Å². The van der Waals surface area contributed by atoms with Crippen LogP contribution in [0.4, 0.5) is 5.69 Å². The number of hydrogen-bond acceptors (Lipinski definition) is 5. The zero-order valence-corrected chi connectivity index (χ0v) is 17.9. The van der Waals surface area contributed by atoms with E-state index in [0.717, 1.165) is 0 Å². The first-order valence-corrected chi connectivity index (χ1v) is 11.6. The molecule has 2 aromatic rings. The fourth-order valence-electron chi connectivity index (χ4n) is 4.30. The number of piperidine rings is 1. The lowest BCUT2D eigenvalue weighted by Crippen LogP contribution is -2.57. The molecule has 0 unspecified atom stereocenters. The molecule has 7 nitrogen and oxygen atoms in total. The maximum atomic E-state index is 13.1. The average Bonchev–Trinajstić information content (AvgIpc) is 2.93. The van der Waals surface area contributed by atoms with Crippen LogP contribution in [0.1, 0.15) is 23.2 Å². The Morgan fingerprint density at radius 1 is 1.10 bits per heavy atom. The normalized spacial score (nSPS) is 19.9. The topological polar surface area (TPSA) is 84.0 Å². The Morgan fingerprint density at radius 2 is 1.77 bits per heavy atom. The SMILES string of the molecule is COc1ccc(Cl)cc1C(=O)N1CCC2(CC1)N(c1ccccc1)C(=O)CS2(=O)=O. The van der Waals surface area contributed by atoms with E-state index in [1.165, 1.54) is 12.0 Å². The minimum absolute atomic E-state index is 0.143. The highest BCUT2D eigenvalue weighted by atomic mass is 35.5. The largest absolute Gasteiger partial charge is 0.496 e. The van der Waals surface area contributed by atoms with E-state index in [2.05, 4.69) is 0 Å². The van der Waals surface area contributed by atoms with Crippen LogP contribution in [0.3, 0.4) is 0 Å². The van der Waals surface area contributed by atoms with Gasteiger partial charge < -0.3 is 9.64 Å². The summed E-state index contributed by atoms with van der Waals surface area (Å²) >= 11 is 6.05. The van der Waals surface area contributed by atoms with E-state index in [4.69, 9.17) is 16.3 Å². The number of halogens is 1. The lowest BCUT2D eigenvalue weighted by molar-refractivity contribution is -0.116. The van der Waals surface area contributed by atoms with Crippen LogP contribution in [0.15, 0.2) is 48.5 Å². The quantitative estimate of drug-likeness (QED) is 0.720. The molecular formula is C21H21ClN2O5S. The lowest BCUT2D eigenvalue weighted by atomic mass is 10.00. The minimum Gasteiger partial charge on any atom is -0.496 e. The second-order valence-corrected chi connectivity index (χ2v) is 10.1. The van der Waals surface area contributed by atoms with Crippen LogP contribution < -0.4 is 9.64 Å². The molecule has 0 aliphatic carbocycles. The number of carbonyl (C=O) groups is 2. The molecule has 158 valence electrons. The maximum absolute atomic E-state index is 13.1. The molecule has 2 heterocycles. The van der Waals surface area contributed by atoms with E-state index in [-0.39, 0.29) is 31.8 Å². The lowest BCUT2D eigenvalue weighted by Gasteiger charge is -2.43. The van der Waals surface area contributed by atoms with Gasteiger partial charge in [0, 0.05) is 36.6 Å². The predicted molar refractivity (Wildman–Crippen MR) is 114 cm³/mol. The summed E-state index contributed by atoms with van der Waals surface area (Å²) in [5.41, 5.74) is 0.881. The maximum Gasteiger partial charge on any atom is 0.257 e. The number of methoxy groups -OCH3 is 1. The summed E-state index contributed by atoms with van der Waals surface area (Å²) in [6.07, 6.45) is 0.287. The van der Waals surface area contributed by atoms with Crippen molar-refractivity contribution in [2.75, 3.05) is 30.9 Å². The summed E-state index contributed by atoms with van der Waals surface area (Å²) in [6, 6.07) is 13.6. The Balaban J connectivity index is 1.63. The minimum atomic E-state index is -3.70. The number of nitrogens with zero attached hydrogens (tertiary/aromatic N) is 2. The van der Waals surface area contributed by atoms with E-state index < -0.39 is 26.4 Å². The highest BCUT2D eigenvalue weighted by Gasteiger charge is 2.59. The summed E-state index contributed by atoms with van der Waals surface area (Å²) in [6.45, 7) is 0.398. The van der Waals surface area contributed by atoms with Gasteiger partial charge in [0.1, 0.15) is 11.5 Å². The number of likely N-dealkylation sites (tertiary alicyclic amines) is 1. The molecule has 0 N–H and O–H groups in total. The second kappa shape index (κ2) is 7.59. The van der Waals surface area contributed by atoms with Gasteiger partial charge in [0.15, 0.2) is 14.7 Å². The third-order valence-corrected chi connectivity index (χ3v) is 8.40. The van der Waals surface area contributed by atoms with Crippen molar-refractivity contribution in [1.29, 1.82) is 0 Å². The van der Waals surface area contributed by atoms with E-state index in [9.17, 15) is 18.0 Å². The van der Waals surface area contributed by atoms with Crippen molar-refractivity contribution in [3.05, 3.63) is 59.1 Å². The van der Waals surface area contributed by atoms with Crippen molar-refractivity contribution in [2.24, 2.45) is 0 Å². The summed E-state index contributed by atoms with van der Waals surface area (Å²) in [5, 5.41) is 0.409. The zero-order chi connectivity index (χ0) is 21.5. The van der Waals surface area contributed by atoms with Gasteiger partial charge >= 0.3 is 0 Å². The second-order valence-electron chi connectivity index (χ2n) is 7.41. The van der Waals surface area contributed by atoms with Crippen molar-refractivity contribution in [1.82, 2.24) is 4.90 Å². The molecule has 2 aliphatic heterocycles. The summed E-state index contributed by atoms with van der Waals surface area (Å²) in [7, 11) is -2.22. The fraction of sp³-hybridized carbons (Fsp3) is 0.333. The molecule has 0 aromatic heterocycles. The van der Waals surface area contributed by atoms with Crippen molar-refractivity contribution in [3.8, 4) is 5.75 Å². The van der Waals surface area contributed by atoms with E-state index in [0.29, 0.717) is 22.0 Å². The van der Waals surface area contributed by atoms with Crippen molar-refractivity contribution in [2.45, 2.75) is 17.7 Å². The van der Waals surface area contributed by atoms with Crippen molar-refractivity contribution < 1.29 is 22.7 Å². The van der Waals surface area contributed by atoms with Crippen LogP contribution in [-0.2, 0) is 14.6 Å². The molecule has 0 atom stereocenters. The number of para-hydroxylation sites is 1. The van der Waals surface area contributed by atoms with E-state index in [1.807, 2.05) is 6.07 Å². The molecule has 0 saturated carbocycles. The molecule has 2 saturated heterocycles. The molecule has 2 amide bonds. The number of benzene rings is 2. The van der Waals surface area contributed by atoms with Gasteiger partial charge in [-0.15, -0.1) is 0 Å². The number of anilines is 1. The highest BCUT2D eigenvalue weighted by molar-refractivity contribution is 7.94. The van der Waals surface area contributed by atoms with Gasteiger partial charge in [0.2, 0.25) is 5.91 Å².